The molecule has 0 saturated carbocycles. The first-order chi connectivity index (χ1) is 22.8. The molecule has 46 heavy (non-hydrogen) atoms. The lowest BCUT2D eigenvalue weighted by Crippen LogP contribution is -2.02. The summed E-state index contributed by atoms with van der Waals surface area (Å²) in [6.07, 6.45) is 49.0. The van der Waals surface area contributed by atoms with E-state index >= 15 is 0 Å². The summed E-state index contributed by atoms with van der Waals surface area (Å²) >= 11 is 0. The lowest BCUT2D eigenvalue weighted by atomic mass is 10.1. The van der Waals surface area contributed by atoms with Gasteiger partial charge in [-0.2, -0.15) is 0 Å². The van der Waals surface area contributed by atoms with Crippen molar-refractivity contribution in [2.75, 3.05) is 13.2 Å². The highest BCUT2D eigenvalue weighted by atomic mass is 16.5. The van der Waals surface area contributed by atoms with Gasteiger partial charge in [0.15, 0.2) is 6.29 Å². The van der Waals surface area contributed by atoms with E-state index in [9.17, 15) is 4.79 Å². The van der Waals surface area contributed by atoms with Gasteiger partial charge in [0.25, 0.3) is 0 Å². The molecule has 0 saturated heterocycles. The zero-order valence-corrected chi connectivity index (χ0v) is 30.0. The molecule has 1 aromatic carbocycles. The molecule has 0 amide bonds. The molecular weight excluding hydrogens is 564 g/mol. The van der Waals surface area contributed by atoms with Crippen LogP contribution in [0.3, 0.4) is 0 Å². The van der Waals surface area contributed by atoms with Crippen LogP contribution >= 0.6 is 0 Å². The quantitative estimate of drug-likeness (QED) is 0.0438. The molecule has 0 atom stereocenters. The lowest BCUT2D eigenvalue weighted by molar-refractivity contribution is 0.111. The highest BCUT2D eigenvalue weighted by molar-refractivity contribution is 5.79. The maximum absolute atomic E-state index is 11.5. The van der Waals surface area contributed by atoms with Crippen LogP contribution in [0, 0.1) is 0 Å². The minimum Gasteiger partial charge on any atom is -0.493 e. The molecule has 0 bridgehead atoms. The molecule has 0 heterocycles. The average molecular weight is 635 g/mol. The first-order valence-electron chi connectivity index (χ1n) is 19.3. The van der Waals surface area contributed by atoms with Crippen molar-refractivity contribution in [1.82, 2.24) is 0 Å². The Bertz CT molecular complexity index is 926. The fourth-order valence-corrected chi connectivity index (χ4v) is 5.38. The SMILES string of the molecule is CCCCC/C=C\C/C=C\CCCCCCCCOc1ccc(C=O)c(OCCCCCCCC/C=C\C/C=C\CCCCC)c1. The number of unbranched alkanes of at least 4 members (excludes halogenated alkanes) is 18. The van der Waals surface area contributed by atoms with Crippen LogP contribution < -0.4 is 9.47 Å². The van der Waals surface area contributed by atoms with Crippen molar-refractivity contribution in [2.45, 2.75) is 168 Å². The number of hydrogen-bond acceptors (Lipinski definition) is 3. The van der Waals surface area contributed by atoms with Crippen molar-refractivity contribution in [2.24, 2.45) is 0 Å². The van der Waals surface area contributed by atoms with Gasteiger partial charge < -0.3 is 9.47 Å². The van der Waals surface area contributed by atoms with Crippen LogP contribution in [0.1, 0.15) is 178 Å². The second-order valence-corrected chi connectivity index (χ2v) is 12.7. The molecule has 0 spiro atoms. The zero-order chi connectivity index (χ0) is 33.0. The third kappa shape index (κ3) is 26.6. The second kappa shape index (κ2) is 33.8. The molecule has 0 unspecified atom stereocenters. The highest BCUT2D eigenvalue weighted by Gasteiger charge is 2.06. The minimum absolute atomic E-state index is 0.598. The van der Waals surface area contributed by atoms with E-state index in [0.717, 1.165) is 37.7 Å². The molecule has 0 aliphatic heterocycles. The van der Waals surface area contributed by atoms with Gasteiger partial charge in [0, 0.05) is 6.07 Å². The molecule has 0 fully saturated rings. The number of carbonyl (C=O) groups is 1. The average Bonchev–Trinajstić information content (AvgIpc) is 3.07. The molecule has 0 aliphatic carbocycles. The van der Waals surface area contributed by atoms with Gasteiger partial charge in [-0.3, -0.25) is 4.79 Å². The van der Waals surface area contributed by atoms with Crippen LogP contribution in [-0.4, -0.2) is 19.5 Å². The maximum atomic E-state index is 11.5. The van der Waals surface area contributed by atoms with E-state index in [4.69, 9.17) is 9.47 Å². The van der Waals surface area contributed by atoms with Crippen molar-refractivity contribution < 1.29 is 14.3 Å². The zero-order valence-electron chi connectivity index (χ0n) is 30.0. The fraction of sp³-hybridized carbons (Fsp3) is 0.651. The molecule has 0 N–H and O–H groups in total. The summed E-state index contributed by atoms with van der Waals surface area (Å²) in [5.41, 5.74) is 0.598. The Morgan fingerprint density at radius 1 is 0.478 bits per heavy atom. The molecule has 260 valence electrons. The number of aldehydes is 1. The van der Waals surface area contributed by atoms with Crippen molar-refractivity contribution in [3.05, 3.63) is 72.4 Å². The van der Waals surface area contributed by atoms with E-state index in [1.165, 1.54) is 128 Å². The summed E-state index contributed by atoms with van der Waals surface area (Å²) in [6, 6.07) is 5.58. The Morgan fingerprint density at radius 2 is 0.891 bits per heavy atom. The largest absolute Gasteiger partial charge is 0.493 e. The van der Waals surface area contributed by atoms with Crippen LogP contribution in [-0.2, 0) is 0 Å². The fourth-order valence-electron chi connectivity index (χ4n) is 5.38. The van der Waals surface area contributed by atoms with Gasteiger partial charge in [-0.25, -0.2) is 0 Å². The molecule has 0 aliphatic rings. The van der Waals surface area contributed by atoms with Gasteiger partial charge in [-0.1, -0.05) is 140 Å². The van der Waals surface area contributed by atoms with E-state index in [2.05, 4.69) is 62.5 Å². The van der Waals surface area contributed by atoms with Crippen LogP contribution in [0.4, 0.5) is 0 Å². The first kappa shape index (κ1) is 41.5. The van der Waals surface area contributed by atoms with Crippen LogP contribution in [0.15, 0.2) is 66.8 Å². The Kier molecular flexibility index (Phi) is 30.5. The Hall–Kier alpha value is -2.55. The van der Waals surface area contributed by atoms with Crippen LogP contribution in [0.2, 0.25) is 0 Å². The van der Waals surface area contributed by atoms with Gasteiger partial charge in [-0.15, -0.1) is 0 Å². The van der Waals surface area contributed by atoms with E-state index in [-0.39, 0.29) is 0 Å². The summed E-state index contributed by atoms with van der Waals surface area (Å²) < 4.78 is 12.0. The molecule has 0 aromatic heterocycles. The monoisotopic (exact) mass is 635 g/mol. The van der Waals surface area contributed by atoms with Crippen molar-refractivity contribution in [3.8, 4) is 11.5 Å². The van der Waals surface area contributed by atoms with E-state index < -0.39 is 0 Å². The topological polar surface area (TPSA) is 35.5 Å². The van der Waals surface area contributed by atoms with Crippen molar-refractivity contribution >= 4 is 6.29 Å². The van der Waals surface area contributed by atoms with Crippen LogP contribution in [0.5, 0.6) is 11.5 Å². The van der Waals surface area contributed by atoms with Gasteiger partial charge in [0.05, 0.1) is 18.8 Å². The molecule has 1 aromatic rings. The number of carbonyl (C=O) groups excluding carboxylic acids is 1. The molecule has 3 heteroatoms. The third-order valence-electron chi connectivity index (χ3n) is 8.33. The number of hydrogen-bond donors (Lipinski definition) is 0. The summed E-state index contributed by atoms with van der Waals surface area (Å²) in [6.45, 7) is 5.86. The van der Waals surface area contributed by atoms with Crippen molar-refractivity contribution in [3.63, 3.8) is 0 Å². The predicted molar refractivity (Wildman–Crippen MR) is 202 cm³/mol. The minimum atomic E-state index is 0.598. The second-order valence-electron chi connectivity index (χ2n) is 12.7. The Morgan fingerprint density at radius 3 is 1.35 bits per heavy atom. The molecule has 0 radical (unpaired) electrons. The number of benzene rings is 1. The van der Waals surface area contributed by atoms with Gasteiger partial charge in [0.2, 0.25) is 0 Å². The summed E-state index contributed by atoms with van der Waals surface area (Å²) in [7, 11) is 0. The normalized spacial score (nSPS) is 12.0. The Labute approximate surface area is 285 Å². The third-order valence-corrected chi connectivity index (χ3v) is 8.33. The highest BCUT2D eigenvalue weighted by Crippen LogP contribution is 2.25. The molecule has 3 nitrogen and oxygen atoms in total. The van der Waals surface area contributed by atoms with Gasteiger partial charge >= 0.3 is 0 Å². The summed E-state index contributed by atoms with van der Waals surface area (Å²) in [4.78, 5) is 11.5. The van der Waals surface area contributed by atoms with Crippen LogP contribution in [0.25, 0.3) is 0 Å². The number of allylic oxidation sites excluding steroid dienone is 8. The van der Waals surface area contributed by atoms with E-state index in [1.54, 1.807) is 0 Å². The van der Waals surface area contributed by atoms with E-state index in [1.807, 2.05) is 18.2 Å². The summed E-state index contributed by atoms with van der Waals surface area (Å²) in [5, 5.41) is 0. The molecular formula is C43H70O3. The smallest absolute Gasteiger partial charge is 0.153 e. The van der Waals surface area contributed by atoms with Gasteiger partial charge in [0.1, 0.15) is 11.5 Å². The number of ether oxygens (including phenoxy) is 2. The maximum Gasteiger partial charge on any atom is 0.153 e. The predicted octanol–water partition coefficient (Wildman–Crippen LogP) is 13.9. The summed E-state index contributed by atoms with van der Waals surface area (Å²) in [5.74, 6) is 1.44. The van der Waals surface area contributed by atoms with Crippen molar-refractivity contribution in [1.29, 1.82) is 0 Å². The van der Waals surface area contributed by atoms with E-state index in [0.29, 0.717) is 24.5 Å². The standard InChI is InChI=1S/C43H70O3/c1-3-5-7-9-11-13-15-17-19-21-23-25-27-29-31-33-37-45-42-36-35-41(40-44)43(39-42)46-38-34-32-30-28-26-24-22-20-18-16-14-12-10-8-6-4-2/h11-14,17-20,35-36,39-40H,3-10,15-16,21-34,37-38H2,1-2H3/b13-11-,14-12-,19-17-,20-18-. The Balaban J connectivity index is 2.03. The van der Waals surface area contributed by atoms with Gasteiger partial charge in [-0.05, 0) is 89.2 Å². The number of rotatable bonds is 33. The first-order valence-corrected chi connectivity index (χ1v) is 19.3. The molecule has 1 rings (SSSR count). The lowest BCUT2D eigenvalue weighted by Gasteiger charge is -2.12.